The summed E-state index contributed by atoms with van der Waals surface area (Å²) in [6.45, 7) is 6.43. The molecule has 8 heteroatoms. The van der Waals surface area contributed by atoms with Crippen LogP contribution < -0.4 is 21.9 Å². The normalized spacial score (nSPS) is 11.0. The van der Waals surface area contributed by atoms with Crippen molar-refractivity contribution in [2.45, 2.75) is 46.6 Å². The molecule has 0 bridgehead atoms. The van der Waals surface area contributed by atoms with Gasteiger partial charge in [0.2, 0.25) is 5.91 Å². The van der Waals surface area contributed by atoms with E-state index in [1.165, 1.54) is 33.7 Å². The molecule has 0 unspecified atom stereocenters. The number of anilines is 2. The molecule has 0 saturated carbocycles. The lowest BCUT2D eigenvalue weighted by Crippen LogP contribution is -2.42. The van der Waals surface area contributed by atoms with Gasteiger partial charge in [-0.15, -0.1) is 0 Å². The predicted octanol–water partition coefficient (Wildman–Crippen LogP) is 2.29. The SMILES string of the molecule is CCCCN(C(=O)Cc1ccc(F)cc1)c1c(N)n(CC(C)C)c(=O)[nH]c1=O. The quantitative estimate of drug-likeness (QED) is 0.722. The third-order valence-electron chi connectivity index (χ3n) is 4.34. The van der Waals surface area contributed by atoms with Crippen LogP contribution in [-0.4, -0.2) is 22.0 Å². The zero-order valence-corrected chi connectivity index (χ0v) is 16.5. The highest BCUT2D eigenvalue weighted by molar-refractivity contribution is 5.96. The smallest absolute Gasteiger partial charge is 0.330 e. The lowest BCUT2D eigenvalue weighted by atomic mass is 10.1. The van der Waals surface area contributed by atoms with Crippen LogP contribution in [0.4, 0.5) is 15.9 Å². The number of amides is 1. The zero-order valence-electron chi connectivity index (χ0n) is 16.5. The maximum atomic E-state index is 13.1. The van der Waals surface area contributed by atoms with Gasteiger partial charge in [0.1, 0.15) is 11.6 Å². The molecule has 0 fully saturated rings. The number of nitrogen functional groups attached to an aromatic ring is 1. The molecule has 0 aliphatic carbocycles. The molecular weight excluding hydrogens is 363 g/mol. The van der Waals surface area contributed by atoms with E-state index < -0.39 is 11.2 Å². The first-order chi connectivity index (χ1) is 13.2. The van der Waals surface area contributed by atoms with Gasteiger partial charge in [-0.05, 0) is 30.0 Å². The number of carbonyl (C=O) groups is 1. The zero-order chi connectivity index (χ0) is 20.8. The van der Waals surface area contributed by atoms with E-state index in [9.17, 15) is 18.8 Å². The number of unbranched alkanes of at least 4 members (excludes halogenated alkanes) is 1. The first-order valence-corrected chi connectivity index (χ1v) is 9.42. The topological polar surface area (TPSA) is 101 Å². The molecule has 1 aromatic heterocycles. The Bertz CT molecular complexity index is 932. The van der Waals surface area contributed by atoms with Gasteiger partial charge in [0, 0.05) is 13.1 Å². The number of hydrogen-bond donors (Lipinski definition) is 2. The molecular formula is C20H27FN4O3. The summed E-state index contributed by atoms with van der Waals surface area (Å²) in [5, 5.41) is 0. The number of nitrogens with two attached hydrogens (primary N) is 1. The van der Waals surface area contributed by atoms with Crippen molar-refractivity contribution >= 4 is 17.4 Å². The molecule has 152 valence electrons. The van der Waals surface area contributed by atoms with E-state index >= 15 is 0 Å². The van der Waals surface area contributed by atoms with Gasteiger partial charge in [-0.1, -0.05) is 39.3 Å². The molecule has 0 aliphatic heterocycles. The van der Waals surface area contributed by atoms with Gasteiger partial charge in [0.15, 0.2) is 5.69 Å². The second-order valence-corrected chi connectivity index (χ2v) is 7.20. The minimum atomic E-state index is -0.689. The van der Waals surface area contributed by atoms with Crippen LogP contribution in [0.2, 0.25) is 0 Å². The van der Waals surface area contributed by atoms with Gasteiger partial charge in [0.25, 0.3) is 5.56 Å². The Morgan fingerprint density at radius 2 is 1.89 bits per heavy atom. The lowest BCUT2D eigenvalue weighted by molar-refractivity contribution is -0.118. The van der Waals surface area contributed by atoms with Crippen molar-refractivity contribution in [3.05, 3.63) is 56.5 Å². The molecule has 7 nitrogen and oxygen atoms in total. The van der Waals surface area contributed by atoms with Crippen LogP contribution in [0.5, 0.6) is 0 Å². The van der Waals surface area contributed by atoms with Crippen LogP contribution in [-0.2, 0) is 17.8 Å². The van der Waals surface area contributed by atoms with Gasteiger partial charge in [-0.25, -0.2) is 9.18 Å². The van der Waals surface area contributed by atoms with Gasteiger partial charge in [-0.3, -0.25) is 19.1 Å². The summed E-state index contributed by atoms with van der Waals surface area (Å²) in [7, 11) is 0. The summed E-state index contributed by atoms with van der Waals surface area (Å²) in [6, 6.07) is 5.61. The van der Waals surface area contributed by atoms with E-state index in [1.54, 1.807) is 0 Å². The maximum Gasteiger partial charge on any atom is 0.330 e. The van der Waals surface area contributed by atoms with Crippen molar-refractivity contribution in [2.75, 3.05) is 17.2 Å². The summed E-state index contributed by atoms with van der Waals surface area (Å²) < 4.78 is 14.4. The highest BCUT2D eigenvalue weighted by Gasteiger charge is 2.24. The summed E-state index contributed by atoms with van der Waals surface area (Å²) in [5.74, 6) is -0.628. The molecule has 28 heavy (non-hydrogen) atoms. The van der Waals surface area contributed by atoms with E-state index in [1.807, 2.05) is 20.8 Å². The van der Waals surface area contributed by atoms with Crippen LogP contribution in [0, 0.1) is 11.7 Å². The number of nitrogens with zero attached hydrogens (tertiary/aromatic N) is 2. The first-order valence-electron chi connectivity index (χ1n) is 9.42. The van der Waals surface area contributed by atoms with Crippen LogP contribution in [0.3, 0.4) is 0 Å². The molecule has 1 heterocycles. The Morgan fingerprint density at radius 3 is 2.46 bits per heavy atom. The molecule has 1 aromatic carbocycles. The molecule has 0 spiro atoms. The number of nitrogens with one attached hydrogen (secondary N) is 1. The van der Waals surface area contributed by atoms with Crippen LogP contribution in [0.15, 0.2) is 33.9 Å². The fraction of sp³-hybridized carbons (Fsp3) is 0.450. The van der Waals surface area contributed by atoms with Crippen molar-refractivity contribution in [2.24, 2.45) is 5.92 Å². The number of aromatic nitrogens is 2. The van der Waals surface area contributed by atoms with Gasteiger partial charge < -0.3 is 10.6 Å². The Labute approximate surface area is 163 Å². The number of rotatable bonds is 8. The molecule has 2 aromatic rings. The number of carbonyl (C=O) groups excluding carboxylic acids is 1. The average molecular weight is 390 g/mol. The second kappa shape index (κ2) is 9.34. The van der Waals surface area contributed by atoms with Crippen molar-refractivity contribution in [1.82, 2.24) is 9.55 Å². The van der Waals surface area contributed by atoms with Gasteiger partial charge >= 0.3 is 5.69 Å². The van der Waals surface area contributed by atoms with Gasteiger partial charge in [0.05, 0.1) is 6.42 Å². The molecule has 2 rings (SSSR count). The standard InChI is InChI=1S/C20H27FN4O3/c1-4-5-10-24(16(26)11-14-6-8-15(21)9-7-14)17-18(22)25(12-13(2)3)20(28)23-19(17)27/h6-9,13H,4-5,10-12,22H2,1-3H3,(H,23,27,28). The average Bonchev–Trinajstić information content (AvgIpc) is 2.63. The van der Waals surface area contributed by atoms with E-state index in [-0.39, 0.29) is 35.6 Å². The third-order valence-corrected chi connectivity index (χ3v) is 4.34. The van der Waals surface area contributed by atoms with E-state index in [4.69, 9.17) is 5.73 Å². The minimum Gasteiger partial charge on any atom is -0.383 e. The Hall–Kier alpha value is -2.90. The molecule has 0 saturated heterocycles. The van der Waals surface area contributed by atoms with Crippen LogP contribution in [0.25, 0.3) is 0 Å². The minimum absolute atomic E-state index is 0.00776. The lowest BCUT2D eigenvalue weighted by Gasteiger charge is -2.25. The van der Waals surface area contributed by atoms with E-state index in [2.05, 4.69) is 4.98 Å². The molecule has 0 aliphatic rings. The number of hydrogen-bond acceptors (Lipinski definition) is 4. The molecule has 1 amide bonds. The van der Waals surface area contributed by atoms with Crippen molar-refractivity contribution < 1.29 is 9.18 Å². The Kier molecular flexibility index (Phi) is 7.14. The fourth-order valence-electron chi connectivity index (χ4n) is 2.93. The summed E-state index contributed by atoms with van der Waals surface area (Å²) in [6.07, 6.45) is 1.47. The molecule has 0 radical (unpaired) electrons. The second-order valence-electron chi connectivity index (χ2n) is 7.20. The van der Waals surface area contributed by atoms with Crippen molar-refractivity contribution in [1.29, 1.82) is 0 Å². The van der Waals surface area contributed by atoms with Crippen LogP contribution in [0.1, 0.15) is 39.2 Å². The van der Waals surface area contributed by atoms with E-state index in [0.717, 1.165) is 6.42 Å². The molecule has 0 atom stereocenters. The first kappa shape index (κ1) is 21.4. The Balaban J connectivity index is 2.46. The van der Waals surface area contributed by atoms with E-state index in [0.29, 0.717) is 25.1 Å². The maximum absolute atomic E-state index is 13.1. The highest BCUT2D eigenvalue weighted by atomic mass is 19.1. The molecule has 3 N–H and O–H groups in total. The van der Waals surface area contributed by atoms with Crippen molar-refractivity contribution in [3.8, 4) is 0 Å². The van der Waals surface area contributed by atoms with Gasteiger partial charge in [-0.2, -0.15) is 0 Å². The summed E-state index contributed by atoms with van der Waals surface area (Å²) in [4.78, 5) is 41.2. The Morgan fingerprint density at radius 1 is 1.25 bits per heavy atom. The number of H-pyrrole nitrogens is 1. The third kappa shape index (κ3) is 5.09. The summed E-state index contributed by atoms with van der Waals surface area (Å²) in [5.41, 5.74) is 5.48. The number of aromatic amines is 1. The van der Waals surface area contributed by atoms with Crippen molar-refractivity contribution in [3.63, 3.8) is 0 Å². The van der Waals surface area contributed by atoms with Crippen LogP contribution >= 0.6 is 0 Å². The monoisotopic (exact) mass is 390 g/mol. The highest BCUT2D eigenvalue weighted by Crippen LogP contribution is 2.20. The predicted molar refractivity (Wildman–Crippen MR) is 108 cm³/mol. The number of benzene rings is 1. The fourth-order valence-corrected chi connectivity index (χ4v) is 2.93. The summed E-state index contributed by atoms with van der Waals surface area (Å²) >= 11 is 0. The largest absolute Gasteiger partial charge is 0.383 e. The number of halogens is 1.